The third-order valence-electron chi connectivity index (χ3n) is 9.72. The van der Waals surface area contributed by atoms with E-state index in [0.29, 0.717) is 5.92 Å². The van der Waals surface area contributed by atoms with Gasteiger partial charge in [0.2, 0.25) is 0 Å². The zero-order valence-corrected chi connectivity index (χ0v) is 32.2. The van der Waals surface area contributed by atoms with Crippen LogP contribution in [0.5, 0.6) is 0 Å². The van der Waals surface area contributed by atoms with Crippen LogP contribution in [-0.4, -0.2) is 68.3 Å². The summed E-state index contributed by atoms with van der Waals surface area (Å²) in [5, 5.41) is 3.63. The Labute approximate surface area is 282 Å². The number of hydrogen-bond acceptors (Lipinski definition) is 6. The van der Waals surface area contributed by atoms with E-state index >= 15 is 0 Å². The monoisotopic (exact) mass is 682 g/mol. The second kappa shape index (κ2) is 20.4. The highest BCUT2D eigenvalue weighted by atomic mass is 28.4. The molecule has 0 N–H and O–H groups in total. The van der Waals surface area contributed by atoms with Gasteiger partial charge in [0.25, 0.3) is 0 Å². The third kappa shape index (κ3) is 10.5. The summed E-state index contributed by atoms with van der Waals surface area (Å²) >= 11 is 0. The van der Waals surface area contributed by atoms with E-state index in [1.807, 2.05) is 42.7 Å². The predicted octanol–water partition coefficient (Wildman–Crippen LogP) is 7.04. The molecule has 6 nitrogen and oxygen atoms in total. The average molecular weight is 683 g/mol. The first-order chi connectivity index (χ1) is 22.5. The first-order valence-electron chi connectivity index (χ1n) is 16.9. The van der Waals surface area contributed by atoms with Gasteiger partial charge in [-0.1, -0.05) is 149 Å². The van der Waals surface area contributed by atoms with Gasteiger partial charge in [0.1, 0.15) is 0 Å². The molecule has 0 aromatic heterocycles. The highest BCUT2D eigenvalue weighted by Gasteiger charge is 2.39. The molecule has 0 heterocycles. The minimum absolute atomic E-state index is 0.675. The van der Waals surface area contributed by atoms with Gasteiger partial charge in [-0.05, 0) is 39.6 Å². The minimum atomic E-state index is -2.42. The van der Waals surface area contributed by atoms with Gasteiger partial charge in [0, 0.05) is 42.7 Å². The SMILES string of the molecule is CO[Si](CCCCC(CCCC[Si](OC)(OC)c1ccccc1)CCCC[Si](OC)(OC)c1ccccc1)(OC)c1ccccc1. The molecule has 0 amide bonds. The van der Waals surface area contributed by atoms with E-state index in [1.165, 1.54) is 54.1 Å². The lowest BCUT2D eigenvalue weighted by molar-refractivity contribution is 0.253. The maximum absolute atomic E-state index is 6.10. The van der Waals surface area contributed by atoms with Crippen molar-refractivity contribution in [3.63, 3.8) is 0 Å². The van der Waals surface area contributed by atoms with Gasteiger partial charge in [0.15, 0.2) is 0 Å². The minimum Gasteiger partial charge on any atom is -0.394 e. The van der Waals surface area contributed by atoms with Gasteiger partial charge in [0.05, 0.1) is 0 Å². The molecule has 3 aromatic rings. The Bertz CT molecular complexity index is 1040. The average Bonchev–Trinajstić information content (AvgIpc) is 3.13. The van der Waals surface area contributed by atoms with Gasteiger partial charge in [-0.3, -0.25) is 0 Å². The van der Waals surface area contributed by atoms with Crippen LogP contribution in [0, 0.1) is 5.92 Å². The van der Waals surface area contributed by atoms with Crippen molar-refractivity contribution in [3.8, 4) is 0 Å². The normalized spacial score (nSPS) is 12.6. The van der Waals surface area contributed by atoms with Crippen molar-refractivity contribution in [3.05, 3.63) is 91.0 Å². The van der Waals surface area contributed by atoms with E-state index in [9.17, 15) is 0 Å². The second-order valence-electron chi connectivity index (χ2n) is 12.2. The summed E-state index contributed by atoms with van der Waals surface area (Å²) in [6, 6.07) is 34.5. The van der Waals surface area contributed by atoms with Crippen LogP contribution < -0.4 is 15.6 Å². The van der Waals surface area contributed by atoms with E-state index in [2.05, 4.69) is 91.0 Å². The van der Waals surface area contributed by atoms with Crippen LogP contribution in [0.4, 0.5) is 0 Å². The quantitative estimate of drug-likeness (QED) is 0.0747. The molecular formula is C37H58O6Si3. The molecular weight excluding hydrogens is 625 g/mol. The molecule has 0 radical (unpaired) electrons. The Balaban J connectivity index is 1.60. The Hall–Kier alpha value is -1.93. The Morgan fingerprint density at radius 1 is 0.370 bits per heavy atom. The molecule has 0 atom stereocenters. The van der Waals surface area contributed by atoms with E-state index in [0.717, 1.165) is 37.4 Å². The molecule has 0 aliphatic carbocycles. The van der Waals surface area contributed by atoms with Crippen molar-refractivity contribution in [2.24, 2.45) is 5.92 Å². The maximum Gasteiger partial charge on any atom is 0.371 e. The summed E-state index contributed by atoms with van der Waals surface area (Å²) in [5.74, 6) is 0.675. The largest absolute Gasteiger partial charge is 0.394 e. The molecule has 0 spiro atoms. The van der Waals surface area contributed by atoms with E-state index in [1.54, 1.807) is 0 Å². The number of benzene rings is 3. The van der Waals surface area contributed by atoms with Gasteiger partial charge in [-0.15, -0.1) is 0 Å². The summed E-state index contributed by atoms with van der Waals surface area (Å²) in [4.78, 5) is 0. The maximum atomic E-state index is 6.10. The molecule has 3 rings (SSSR count). The van der Waals surface area contributed by atoms with Crippen LogP contribution in [0.2, 0.25) is 18.1 Å². The van der Waals surface area contributed by atoms with E-state index in [-0.39, 0.29) is 0 Å². The molecule has 0 aliphatic rings. The highest BCUT2D eigenvalue weighted by Crippen LogP contribution is 2.28. The highest BCUT2D eigenvalue weighted by molar-refractivity contribution is 6.82. The smallest absolute Gasteiger partial charge is 0.371 e. The van der Waals surface area contributed by atoms with Crippen molar-refractivity contribution in [1.82, 2.24) is 0 Å². The van der Waals surface area contributed by atoms with Crippen molar-refractivity contribution in [1.29, 1.82) is 0 Å². The molecule has 0 unspecified atom stereocenters. The van der Waals surface area contributed by atoms with Crippen LogP contribution in [0.25, 0.3) is 0 Å². The van der Waals surface area contributed by atoms with Crippen molar-refractivity contribution in [2.45, 2.75) is 75.9 Å². The lowest BCUT2D eigenvalue weighted by Crippen LogP contribution is -2.52. The fourth-order valence-electron chi connectivity index (χ4n) is 6.88. The van der Waals surface area contributed by atoms with Crippen molar-refractivity contribution in [2.75, 3.05) is 42.7 Å². The number of rotatable bonds is 24. The van der Waals surface area contributed by atoms with Crippen LogP contribution in [0.15, 0.2) is 91.0 Å². The van der Waals surface area contributed by atoms with E-state index < -0.39 is 25.7 Å². The molecule has 46 heavy (non-hydrogen) atoms. The number of hydrogen-bond donors (Lipinski definition) is 0. The van der Waals surface area contributed by atoms with Crippen LogP contribution in [0.3, 0.4) is 0 Å². The van der Waals surface area contributed by atoms with Crippen LogP contribution >= 0.6 is 0 Å². The Morgan fingerprint density at radius 3 is 0.826 bits per heavy atom. The summed E-state index contributed by atoms with van der Waals surface area (Å²) in [7, 11) is 3.58. The standard InChI is InChI=1S/C37H58O6Si3/c1-38-44(39-2,35-25-10-7-11-26-35)31-19-16-22-34(23-17-20-32-45(40-3,41-4)36-27-12-8-13-28-36)24-18-21-33-46(42-5,43-6)37-29-14-9-15-30-37/h7-15,25-30,34H,16-24,31-33H2,1-6H3. The fraction of sp³-hybridized carbons (Fsp3) is 0.514. The lowest BCUT2D eigenvalue weighted by Gasteiger charge is -2.29. The van der Waals surface area contributed by atoms with Crippen LogP contribution in [0.1, 0.15) is 57.8 Å². The molecule has 9 heteroatoms. The molecule has 0 fully saturated rings. The zero-order valence-electron chi connectivity index (χ0n) is 29.2. The first kappa shape index (κ1) is 38.5. The Kier molecular flexibility index (Phi) is 17.1. The van der Waals surface area contributed by atoms with Gasteiger partial charge >= 0.3 is 25.7 Å². The second-order valence-corrected chi connectivity index (χ2v) is 22.4. The molecule has 3 aromatic carbocycles. The summed E-state index contributed by atoms with van der Waals surface area (Å²) in [6.07, 6.45) is 10.5. The fourth-order valence-corrected chi connectivity index (χ4v) is 15.1. The zero-order chi connectivity index (χ0) is 33.1. The van der Waals surface area contributed by atoms with E-state index in [4.69, 9.17) is 26.6 Å². The third-order valence-corrected chi connectivity index (χ3v) is 20.4. The molecule has 0 saturated carbocycles. The topological polar surface area (TPSA) is 55.4 Å². The first-order valence-corrected chi connectivity index (χ1v) is 23.0. The molecule has 0 bridgehead atoms. The summed E-state index contributed by atoms with van der Waals surface area (Å²) in [6.45, 7) is 0. The molecule has 0 aliphatic heterocycles. The van der Waals surface area contributed by atoms with Crippen molar-refractivity contribution >= 4 is 41.2 Å². The molecule has 0 saturated heterocycles. The van der Waals surface area contributed by atoms with Gasteiger partial charge in [-0.2, -0.15) is 0 Å². The molecule has 254 valence electrons. The summed E-state index contributed by atoms with van der Waals surface area (Å²) < 4.78 is 36.6. The van der Waals surface area contributed by atoms with Crippen LogP contribution in [-0.2, 0) is 26.6 Å². The Morgan fingerprint density at radius 2 is 0.609 bits per heavy atom. The predicted molar refractivity (Wildman–Crippen MR) is 197 cm³/mol. The van der Waals surface area contributed by atoms with Gasteiger partial charge < -0.3 is 26.6 Å². The number of unbranched alkanes of at least 4 members (excludes halogenated alkanes) is 3. The van der Waals surface area contributed by atoms with Gasteiger partial charge in [-0.25, -0.2) is 0 Å². The lowest BCUT2D eigenvalue weighted by atomic mass is 9.91. The van der Waals surface area contributed by atoms with Crippen molar-refractivity contribution < 1.29 is 26.6 Å². The summed E-state index contributed by atoms with van der Waals surface area (Å²) in [5.41, 5.74) is 0.